The molecule has 1 saturated carbocycles. The van der Waals surface area contributed by atoms with Crippen LogP contribution >= 0.6 is 24.0 Å². The van der Waals surface area contributed by atoms with E-state index in [0.717, 1.165) is 32.5 Å². The quantitative estimate of drug-likeness (QED) is 0.738. The van der Waals surface area contributed by atoms with Crippen molar-refractivity contribution >= 4 is 34.9 Å². The van der Waals surface area contributed by atoms with Crippen molar-refractivity contribution in [2.45, 2.75) is 19.8 Å². The van der Waals surface area contributed by atoms with Gasteiger partial charge < -0.3 is 11.1 Å². The van der Waals surface area contributed by atoms with Crippen LogP contribution in [0.15, 0.2) is 0 Å². The maximum Gasteiger partial charge on any atom is 0.233 e. The zero-order valence-corrected chi connectivity index (χ0v) is 13.1. The van der Waals surface area contributed by atoms with Crippen molar-refractivity contribution in [3.05, 3.63) is 0 Å². The van der Waals surface area contributed by atoms with E-state index >= 15 is 0 Å². The van der Waals surface area contributed by atoms with Crippen LogP contribution in [0.3, 0.4) is 0 Å². The first-order chi connectivity index (χ1) is 9.04. The molecule has 2 fully saturated rings. The van der Waals surface area contributed by atoms with Gasteiger partial charge in [-0.2, -0.15) is 11.8 Å². The first-order valence-electron chi connectivity index (χ1n) is 6.93. The van der Waals surface area contributed by atoms with Crippen LogP contribution < -0.4 is 11.1 Å². The average molecular weight is 301 g/mol. The molecule has 108 valence electrons. The van der Waals surface area contributed by atoms with Crippen LogP contribution in [0.25, 0.3) is 0 Å². The number of carbonyl (C=O) groups excluding carboxylic acids is 1. The molecule has 4 nitrogen and oxygen atoms in total. The summed E-state index contributed by atoms with van der Waals surface area (Å²) < 4.78 is 0. The third kappa shape index (κ3) is 3.41. The fourth-order valence-electron chi connectivity index (χ4n) is 2.95. The number of nitrogens with zero attached hydrogens (tertiary/aromatic N) is 1. The molecular weight excluding hydrogens is 278 g/mol. The number of carbonyl (C=O) groups is 1. The van der Waals surface area contributed by atoms with E-state index in [9.17, 15) is 4.79 Å². The van der Waals surface area contributed by atoms with Gasteiger partial charge >= 0.3 is 0 Å². The first kappa shape index (κ1) is 15.1. The van der Waals surface area contributed by atoms with Crippen molar-refractivity contribution in [1.82, 2.24) is 10.2 Å². The Morgan fingerprint density at radius 1 is 1.47 bits per heavy atom. The van der Waals surface area contributed by atoms with Crippen LogP contribution in [-0.2, 0) is 4.79 Å². The minimum atomic E-state index is -0.563. The van der Waals surface area contributed by atoms with Crippen molar-refractivity contribution in [2.75, 3.05) is 37.7 Å². The Balaban J connectivity index is 1.75. The zero-order chi connectivity index (χ0) is 13.9. The second-order valence-electron chi connectivity index (χ2n) is 5.67. The Morgan fingerprint density at radius 2 is 2.11 bits per heavy atom. The molecule has 0 aromatic rings. The minimum Gasteiger partial charge on any atom is -0.392 e. The number of thioether (sulfide) groups is 1. The summed E-state index contributed by atoms with van der Waals surface area (Å²) in [6.45, 7) is 6.00. The number of hydrogen-bond acceptors (Lipinski definition) is 4. The van der Waals surface area contributed by atoms with Gasteiger partial charge in [0, 0.05) is 37.7 Å². The van der Waals surface area contributed by atoms with Crippen molar-refractivity contribution < 1.29 is 4.79 Å². The number of nitrogens with one attached hydrogen (secondary N) is 1. The van der Waals surface area contributed by atoms with Gasteiger partial charge in [-0.25, -0.2) is 0 Å². The predicted molar refractivity (Wildman–Crippen MR) is 84.4 cm³/mol. The second kappa shape index (κ2) is 6.41. The Morgan fingerprint density at radius 3 is 2.63 bits per heavy atom. The highest BCUT2D eigenvalue weighted by molar-refractivity contribution is 7.99. The van der Waals surface area contributed by atoms with Crippen LogP contribution in [0.2, 0.25) is 0 Å². The maximum atomic E-state index is 12.3. The van der Waals surface area contributed by atoms with E-state index in [4.69, 9.17) is 18.0 Å². The smallest absolute Gasteiger partial charge is 0.233 e. The predicted octanol–water partition coefficient (Wildman–Crippen LogP) is 0.854. The Labute approximate surface area is 124 Å². The van der Waals surface area contributed by atoms with E-state index in [0.29, 0.717) is 17.5 Å². The van der Waals surface area contributed by atoms with Gasteiger partial charge in [0.15, 0.2) is 0 Å². The molecule has 1 aliphatic heterocycles. The standard InChI is InChI=1S/C13H23N3OS2/c1-10-8-13(9-10,11(14)18)12(17)15-2-3-16-4-6-19-7-5-16/h10H,2-9H2,1H3,(H2,14,18)(H,15,17). The third-order valence-corrected chi connectivity index (χ3v) is 5.45. The lowest BCUT2D eigenvalue weighted by atomic mass is 9.62. The van der Waals surface area contributed by atoms with E-state index in [1.54, 1.807) is 0 Å². The van der Waals surface area contributed by atoms with Gasteiger partial charge in [0.25, 0.3) is 0 Å². The molecule has 0 atom stereocenters. The average Bonchev–Trinajstić information content (AvgIpc) is 2.35. The summed E-state index contributed by atoms with van der Waals surface area (Å²) in [5.74, 6) is 2.97. The Hall–Kier alpha value is -0.330. The molecule has 1 heterocycles. The molecular formula is C13H23N3OS2. The summed E-state index contributed by atoms with van der Waals surface area (Å²) in [5, 5.41) is 3.02. The van der Waals surface area contributed by atoms with Crippen molar-refractivity contribution in [1.29, 1.82) is 0 Å². The van der Waals surface area contributed by atoms with Crippen LogP contribution in [0.1, 0.15) is 19.8 Å². The molecule has 2 aliphatic rings. The summed E-state index contributed by atoms with van der Waals surface area (Å²) in [6, 6.07) is 0. The topological polar surface area (TPSA) is 58.4 Å². The number of hydrogen-bond donors (Lipinski definition) is 2. The van der Waals surface area contributed by atoms with Crippen molar-refractivity contribution in [3.63, 3.8) is 0 Å². The zero-order valence-electron chi connectivity index (χ0n) is 11.5. The van der Waals surface area contributed by atoms with E-state index in [-0.39, 0.29) is 5.91 Å². The van der Waals surface area contributed by atoms with E-state index < -0.39 is 5.41 Å². The summed E-state index contributed by atoms with van der Waals surface area (Å²) in [5.41, 5.74) is 5.20. The molecule has 1 amide bonds. The molecule has 2 rings (SSSR count). The van der Waals surface area contributed by atoms with Gasteiger partial charge in [0.2, 0.25) is 5.91 Å². The fraction of sp³-hybridized carbons (Fsp3) is 0.846. The van der Waals surface area contributed by atoms with Gasteiger partial charge in [-0.1, -0.05) is 19.1 Å². The van der Waals surface area contributed by atoms with Gasteiger partial charge in [0.05, 0.1) is 10.4 Å². The minimum absolute atomic E-state index is 0.0319. The highest BCUT2D eigenvalue weighted by Gasteiger charge is 2.50. The monoisotopic (exact) mass is 301 g/mol. The summed E-state index contributed by atoms with van der Waals surface area (Å²) in [6.07, 6.45) is 1.60. The van der Waals surface area contributed by atoms with E-state index in [1.807, 2.05) is 11.8 Å². The Bertz CT molecular complexity index is 350. The van der Waals surface area contributed by atoms with Gasteiger partial charge in [-0.15, -0.1) is 0 Å². The molecule has 3 N–H and O–H groups in total. The molecule has 0 radical (unpaired) electrons. The van der Waals surface area contributed by atoms with Crippen molar-refractivity contribution in [3.8, 4) is 0 Å². The summed E-state index contributed by atoms with van der Waals surface area (Å²) in [4.78, 5) is 15.0. The van der Waals surface area contributed by atoms with E-state index in [2.05, 4.69) is 17.1 Å². The largest absolute Gasteiger partial charge is 0.392 e. The number of amides is 1. The molecule has 0 unspecified atom stereocenters. The number of nitrogens with two attached hydrogens (primary N) is 1. The molecule has 0 bridgehead atoms. The van der Waals surface area contributed by atoms with Crippen LogP contribution in [0.4, 0.5) is 0 Å². The lowest BCUT2D eigenvalue weighted by Crippen LogP contribution is -2.56. The highest BCUT2D eigenvalue weighted by atomic mass is 32.2. The lowest BCUT2D eigenvalue weighted by Gasteiger charge is -2.44. The summed E-state index contributed by atoms with van der Waals surface area (Å²) in [7, 11) is 0. The van der Waals surface area contributed by atoms with Gasteiger partial charge in [-0.05, 0) is 18.8 Å². The van der Waals surface area contributed by atoms with Gasteiger partial charge in [0.1, 0.15) is 0 Å². The summed E-state index contributed by atoms with van der Waals surface area (Å²) >= 11 is 7.09. The second-order valence-corrected chi connectivity index (χ2v) is 7.33. The highest BCUT2D eigenvalue weighted by Crippen LogP contribution is 2.45. The maximum absolute atomic E-state index is 12.3. The van der Waals surface area contributed by atoms with Crippen LogP contribution in [0.5, 0.6) is 0 Å². The first-order valence-corrected chi connectivity index (χ1v) is 8.49. The molecule has 0 spiro atoms. The van der Waals surface area contributed by atoms with Crippen LogP contribution in [-0.4, -0.2) is 53.5 Å². The van der Waals surface area contributed by atoms with Crippen molar-refractivity contribution in [2.24, 2.45) is 17.1 Å². The SMILES string of the molecule is CC1CC(C(=O)NCCN2CCSCC2)(C(N)=S)C1. The van der Waals surface area contributed by atoms with E-state index in [1.165, 1.54) is 11.5 Å². The third-order valence-electron chi connectivity index (χ3n) is 4.12. The number of rotatable bonds is 5. The van der Waals surface area contributed by atoms with Crippen LogP contribution in [0, 0.1) is 11.3 Å². The lowest BCUT2D eigenvalue weighted by molar-refractivity contribution is -0.132. The molecule has 19 heavy (non-hydrogen) atoms. The number of thiocarbonyl (C=S) groups is 1. The van der Waals surface area contributed by atoms with Gasteiger partial charge in [-0.3, -0.25) is 9.69 Å². The molecule has 6 heteroatoms. The molecule has 0 aromatic heterocycles. The normalized spacial score (nSPS) is 31.5. The Kier molecular flexibility index (Phi) is 5.09. The molecule has 0 aromatic carbocycles. The molecule has 1 saturated heterocycles. The molecule has 1 aliphatic carbocycles. The fourth-order valence-corrected chi connectivity index (χ4v) is 4.19.